The van der Waals surface area contributed by atoms with E-state index in [1.807, 2.05) is 48.8 Å². The van der Waals surface area contributed by atoms with Gasteiger partial charge in [0.15, 0.2) is 5.11 Å². The quantitative estimate of drug-likeness (QED) is 0.471. The third-order valence-corrected chi connectivity index (χ3v) is 5.81. The van der Waals surface area contributed by atoms with Crippen LogP contribution in [0.15, 0.2) is 91.5 Å². The summed E-state index contributed by atoms with van der Waals surface area (Å²) in [6.07, 6.45) is 7.40. The number of hydrogen-bond acceptors (Lipinski definition) is 3. The van der Waals surface area contributed by atoms with E-state index in [0.717, 1.165) is 22.6 Å². The van der Waals surface area contributed by atoms with E-state index in [1.54, 1.807) is 24.5 Å². The molecular weight excluding hydrogens is 409 g/mol. The minimum Gasteiger partial charge on any atom is -0.352 e. The molecule has 0 amide bonds. The normalized spacial score (nSPS) is 18.2. The van der Waals surface area contributed by atoms with E-state index in [4.69, 9.17) is 12.2 Å². The van der Waals surface area contributed by atoms with Gasteiger partial charge in [-0.2, -0.15) is 0 Å². The Labute approximate surface area is 185 Å². The number of halogens is 1. The van der Waals surface area contributed by atoms with Gasteiger partial charge in [-0.15, -0.1) is 0 Å². The van der Waals surface area contributed by atoms with Gasteiger partial charge in [-0.05, 0) is 72.4 Å². The Morgan fingerprint density at radius 2 is 1.84 bits per heavy atom. The van der Waals surface area contributed by atoms with Crippen LogP contribution in [0, 0.1) is 5.82 Å². The van der Waals surface area contributed by atoms with Crippen LogP contribution in [0.4, 0.5) is 4.39 Å². The molecule has 1 aliphatic heterocycles. The number of benzene rings is 1. The second kappa shape index (κ2) is 8.28. The molecular formula is C24H20FN5S. The van der Waals surface area contributed by atoms with Gasteiger partial charge < -0.3 is 14.8 Å². The monoisotopic (exact) mass is 429 g/mol. The zero-order valence-corrected chi connectivity index (χ0v) is 17.4. The lowest BCUT2D eigenvalue weighted by Crippen LogP contribution is -2.30. The third kappa shape index (κ3) is 3.80. The number of hydrogen-bond donors (Lipinski definition) is 1. The Bertz CT molecular complexity index is 1180. The van der Waals surface area contributed by atoms with E-state index in [1.165, 1.54) is 12.1 Å². The molecule has 5 rings (SSSR count). The number of nitrogens with zero attached hydrogens (tertiary/aromatic N) is 4. The van der Waals surface area contributed by atoms with Crippen LogP contribution in [0.3, 0.4) is 0 Å². The molecule has 0 spiro atoms. The van der Waals surface area contributed by atoms with Crippen molar-refractivity contribution >= 4 is 17.3 Å². The van der Waals surface area contributed by atoms with E-state index in [0.29, 0.717) is 11.7 Å². The summed E-state index contributed by atoms with van der Waals surface area (Å²) in [5, 5.41) is 4.13. The highest BCUT2D eigenvalue weighted by Crippen LogP contribution is 2.40. The number of thiocarbonyl (C=S) groups is 1. The molecule has 154 valence electrons. The SMILES string of the molecule is Fc1ccc(-n2cccc2[C@@H]2[C@@H](c3ccccn3)NC(=S)N2Cc2cccnc2)cc1. The van der Waals surface area contributed by atoms with Gasteiger partial charge in [-0.3, -0.25) is 9.97 Å². The predicted octanol–water partition coefficient (Wildman–Crippen LogP) is 4.58. The minimum atomic E-state index is -0.259. The molecule has 0 radical (unpaired) electrons. The van der Waals surface area contributed by atoms with Crippen molar-refractivity contribution < 1.29 is 4.39 Å². The maximum Gasteiger partial charge on any atom is 0.170 e. The molecule has 3 aromatic heterocycles. The van der Waals surface area contributed by atoms with Gasteiger partial charge in [-0.25, -0.2) is 4.39 Å². The fourth-order valence-electron chi connectivity index (χ4n) is 4.06. The highest BCUT2D eigenvalue weighted by Gasteiger charge is 2.41. The van der Waals surface area contributed by atoms with Crippen molar-refractivity contribution in [2.24, 2.45) is 0 Å². The van der Waals surface area contributed by atoms with Crippen molar-refractivity contribution in [1.29, 1.82) is 0 Å². The Morgan fingerprint density at radius 3 is 2.58 bits per heavy atom. The topological polar surface area (TPSA) is 46.0 Å². The maximum atomic E-state index is 13.5. The van der Waals surface area contributed by atoms with Crippen molar-refractivity contribution in [3.63, 3.8) is 0 Å². The second-order valence-electron chi connectivity index (χ2n) is 7.40. The number of pyridine rings is 2. The Kier molecular flexibility index (Phi) is 5.18. The summed E-state index contributed by atoms with van der Waals surface area (Å²) in [5.74, 6) is -0.259. The summed E-state index contributed by atoms with van der Waals surface area (Å²) in [6, 6.07) is 20.2. The van der Waals surface area contributed by atoms with Crippen LogP contribution < -0.4 is 5.32 Å². The maximum absolute atomic E-state index is 13.5. The summed E-state index contributed by atoms with van der Waals surface area (Å²) < 4.78 is 15.6. The summed E-state index contributed by atoms with van der Waals surface area (Å²) >= 11 is 5.75. The van der Waals surface area contributed by atoms with Gasteiger partial charge in [0.1, 0.15) is 5.82 Å². The standard InChI is InChI=1S/C24H20FN5S/c25-18-8-10-19(11-9-18)29-14-4-7-21(29)23-22(20-6-1-2-13-27-20)28-24(31)30(23)16-17-5-3-12-26-15-17/h1-15,22-23H,16H2,(H,28,31)/t22-,23-/m1/s1. The molecule has 31 heavy (non-hydrogen) atoms. The smallest absolute Gasteiger partial charge is 0.170 e. The predicted molar refractivity (Wildman–Crippen MR) is 121 cm³/mol. The molecule has 0 bridgehead atoms. The first-order chi connectivity index (χ1) is 15.2. The van der Waals surface area contributed by atoms with Crippen LogP contribution in [0.2, 0.25) is 0 Å². The first-order valence-electron chi connectivity index (χ1n) is 10.0. The van der Waals surface area contributed by atoms with Gasteiger partial charge in [0.05, 0.1) is 17.8 Å². The van der Waals surface area contributed by atoms with E-state index >= 15 is 0 Å². The molecule has 1 aromatic carbocycles. The highest BCUT2D eigenvalue weighted by atomic mass is 32.1. The molecule has 0 saturated carbocycles. The zero-order valence-electron chi connectivity index (χ0n) is 16.6. The molecule has 2 atom stereocenters. The Hall–Kier alpha value is -3.58. The lowest BCUT2D eigenvalue weighted by atomic mass is 10.0. The number of aromatic nitrogens is 3. The van der Waals surface area contributed by atoms with E-state index in [2.05, 4.69) is 30.8 Å². The van der Waals surface area contributed by atoms with Crippen LogP contribution in [0.25, 0.3) is 5.69 Å². The average molecular weight is 430 g/mol. The molecule has 1 aliphatic rings. The van der Waals surface area contributed by atoms with Crippen molar-refractivity contribution in [1.82, 2.24) is 24.8 Å². The molecule has 1 saturated heterocycles. The average Bonchev–Trinajstić information content (AvgIpc) is 3.40. The minimum absolute atomic E-state index is 0.109. The lowest BCUT2D eigenvalue weighted by molar-refractivity contribution is 0.302. The summed E-state index contributed by atoms with van der Waals surface area (Å²) in [7, 11) is 0. The van der Waals surface area contributed by atoms with Crippen molar-refractivity contribution in [2.75, 3.05) is 0 Å². The second-order valence-corrected chi connectivity index (χ2v) is 7.78. The Balaban J connectivity index is 1.60. The first-order valence-corrected chi connectivity index (χ1v) is 10.4. The van der Waals surface area contributed by atoms with Crippen LogP contribution in [-0.2, 0) is 6.54 Å². The van der Waals surface area contributed by atoms with Gasteiger partial charge in [-0.1, -0.05) is 12.1 Å². The summed E-state index contributed by atoms with van der Waals surface area (Å²) in [4.78, 5) is 11.0. The van der Waals surface area contributed by atoms with Gasteiger partial charge >= 0.3 is 0 Å². The van der Waals surface area contributed by atoms with E-state index in [9.17, 15) is 4.39 Å². The van der Waals surface area contributed by atoms with Crippen molar-refractivity contribution in [3.05, 3.63) is 114 Å². The largest absolute Gasteiger partial charge is 0.352 e. The van der Waals surface area contributed by atoms with Crippen LogP contribution in [0.1, 0.15) is 29.0 Å². The lowest BCUT2D eigenvalue weighted by Gasteiger charge is -2.29. The number of rotatable bonds is 5. The van der Waals surface area contributed by atoms with Gasteiger partial charge in [0, 0.05) is 42.7 Å². The van der Waals surface area contributed by atoms with Crippen molar-refractivity contribution in [3.8, 4) is 5.69 Å². The molecule has 7 heteroatoms. The van der Waals surface area contributed by atoms with Gasteiger partial charge in [0.2, 0.25) is 0 Å². The fraction of sp³-hybridized carbons (Fsp3) is 0.125. The first kappa shape index (κ1) is 19.4. The molecule has 4 heterocycles. The van der Waals surface area contributed by atoms with Crippen LogP contribution in [-0.4, -0.2) is 24.5 Å². The van der Waals surface area contributed by atoms with Gasteiger partial charge in [0.25, 0.3) is 0 Å². The molecule has 0 aliphatic carbocycles. The molecule has 0 unspecified atom stereocenters. The van der Waals surface area contributed by atoms with E-state index < -0.39 is 0 Å². The van der Waals surface area contributed by atoms with E-state index in [-0.39, 0.29) is 17.9 Å². The molecule has 5 nitrogen and oxygen atoms in total. The summed E-state index contributed by atoms with van der Waals surface area (Å²) in [6.45, 7) is 0.613. The molecule has 1 N–H and O–H groups in total. The molecule has 1 fully saturated rings. The molecule has 4 aromatic rings. The summed E-state index contributed by atoms with van der Waals surface area (Å²) in [5.41, 5.74) is 3.91. The van der Waals surface area contributed by atoms with Crippen molar-refractivity contribution in [2.45, 2.75) is 18.6 Å². The highest BCUT2D eigenvalue weighted by molar-refractivity contribution is 7.80. The number of nitrogens with one attached hydrogen (secondary N) is 1. The Morgan fingerprint density at radius 1 is 0.968 bits per heavy atom. The fourth-order valence-corrected chi connectivity index (χ4v) is 4.36. The zero-order chi connectivity index (χ0) is 21.2. The van der Waals surface area contributed by atoms with Crippen LogP contribution in [0.5, 0.6) is 0 Å². The van der Waals surface area contributed by atoms with Crippen LogP contribution >= 0.6 is 12.2 Å². The third-order valence-electron chi connectivity index (χ3n) is 5.46.